The standard InChI is InChI=1S/C15H14N4S2/c20-14(8-15-16-6-7-21-15)18-11-19-9-13(17-10-19)12-4-2-1-3-5-12/h1-7,9-10H,8,11H2,(H,18,20). The van der Waals surface area contributed by atoms with Gasteiger partial charge in [-0.25, -0.2) is 9.97 Å². The number of nitrogens with one attached hydrogen (secondary N) is 1. The minimum atomic E-state index is 0.615. The lowest BCUT2D eigenvalue weighted by molar-refractivity contribution is 0.664. The van der Waals surface area contributed by atoms with E-state index in [0.717, 1.165) is 21.3 Å². The summed E-state index contributed by atoms with van der Waals surface area (Å²) < 4.78 is 1.98. The van der Waals surface area contributed by atoms with Crippen LogP contribution >= 0.6 is 23.6 Å². The number of hydrogen-bond acceptors (Lipinski definition) is 4. The number of thiocarbonyl (C=S) groups is 1. The number of nitrogens with zero attached hydrogens (tertiary/aromatic N) is 3. The normalized spacial score (nSPS) is 10.5. The van der Waals surface area contributed by atoms with Gasteiger partial charge in [-0.2, -0.15) is 0 Å². The molecule has 2 aromatic heterocycles. The molecule has 1 N–H and O–H groups in total. The molecule has 3 aromatic rings. The molecular formula is C15H14N4S2. The van der Waals surface area contributed by atoms with E-state index in [9.17, 15) is 0 Å². The van der Waals surface area contributed by atoms with Crippen molar-refractivity contribution in [2.75, 3.05) is 0 Å². The van der Waals surface area contributed by atoms with Gasteiger partial charge in [0.05, 0.1) is 35.1 Å². The Kier molecular flexibility index (Phi) is 4.37. The van der Waals surface area contributed by atoms with Crippen LogP contribution in [0.15, 0.2) is 54.4 Å². The van der Waals surface area contributed by atoms with E-state index in [1.807, 2.05) is 46.5 Å². The van der Waals surface area contributed by atoms with E-state index in [0.29, 0.717) is 13.1 Å². The number of benzene rings is 1. The van der Waals surface area contributed by atoms with Gasteiger partial charge in [0.15, 0.2) is 0 Å². The lowest BCUT2D eigenvalue weighted by atomic mass is 10.2. The quantitative estimate of drug-likeness (QED) is 0.735. The Labute approximate surface area is 132 Å². The highest BCUT2D eigenvalue weighted by Crippen LogP contribution is 2.15. The van der Waals surface area contributed by atoms with Crippen LogP contribution in [0.2, 0.25) is 0 Å². The Balaban J connectivity index is 1.56. The lowest BCUT2D eigenvalue weighted by Crippen LogP contribution is -2.25. The third kappa shape index (κ3) is 3.74. The highest BCUT2D eigenvalue weighted by Gasteiger charge is 2.03. The average molecular weight is 314 g/mol. The Hall–Kier alpha value is -2.05. The van der Waals surface area contributed by atoms with Crippen molar-refractivity contribution in [2.45, 2.75) is 13.1 Å². The van der Waals surface area contributed by atoms with Crippen LogP contribution in [0.1, 0.15) is 5.01 Å². The molecule has 4 nitrogen and oxygen atoms in total. The molecule has 1 aromatic carbocycles. The van der Waals surface area contributed by atoms with Gasteiger partial charge in [-0.15, -0.1) is 11.3 Å². The van der Waals surface area contributed by atoms with Gasteiger partial charge in [0.2, 0.25) is 0 Å². The van der Waals surface area contributed by atoms with Gasteiger partial charge >= 0.3 is 0 Å². The summed E-state index contributed by atoms with van der Waals surface area (Å²) in [6, 6.07) is 10.1. The van der Waals surface area contributed by atoms with Crippen molar-refractivity contribution in [1.82, 2.24) is 19.9 Å². The smallest absolute Gasteiger partial charge is 0.0992 e. The zero-order chi connectivity index (χ0) is 14.5. The first-order valence-corrected chi connectivity index (χ1v) is 7.82. The lowest BCUT2D eigenvalue weighted by Gasteiger charge is -2.06. The van der Waals surface area contributed by atoms with Crippen molar-refractivity contribution in [3.8, 4) is 11.3 Å². The maximum Gasteiger partial charge on any atom is 0.0992 e. The summed E-state index contributed by atoms with van der Waals surface area (Å²) in [4.78, 5) is 9.43. The van der Waals surface area contributed by atoms with Gasteiger partial charge in [0, 0.05) is 23.3 Å². The van der Waals surface area contributed by atoms with E-state index in [4.69, 9.17) is 12.2 Å². The number of aromatic nitrogens is 3. The summed E-state index contributed by atoms with van der Waals surface area (Å²) in [5.41, 5.74) is 2.07. The molecule has 0 bridgehead atoms. The molecule has 0 fully saturated rings. The fourth-order valence-electron chi connectivity index (χ4n) is 1.92. The Morgan fingerprint density at radius 1 is 1.24 bits per heavy atom. The van der Waals surface area contributed by atoms with Crippen molar-refractivity contribution in [2.24, 2.45) is 0 Å². The molecule has 0 spiro atoms. The van der Waals surface area contributed by atoms with Crippen LogP contribution in [0.3, 0.4) is 0 Å². The number of thiazole rings is 1. The summed E-state index contributed by atoms with van der Waals surface area (Å²) in [5, 5.41) is 6.21. The third-order valence-electron chi connectivity index (χ3n) is 2.96. The molecule has 0 saturated carbocycles. The van der Waals surface area contributed by atoms with Gasteiger partial charge in [-0.1, -0.05) is 42.5 Å². The number of hydrogen-bond donors (Lipinski definition) is 1. The number of imidazole rings is 1. The Morgan fingerprint density at radius 3 is 2.86 bits per heavy atom. The molecule has 106 valence electrons. The molecule has 6 heteroatoms. The van der Waals surface area contributed by atoms with Crippen LogP contribution < -0.4 is 5.32 Å². The zero-order valence-electron chi connectivity index (χ0n) is 11.3. The predicted octanol–water partition coefficient (Wildman–Crippen LogP) is 3.12. The first-order chi connectivity index (χ1) is 10.3. The van der Waals surface area contributed by atoms with Gasteiger partial charge in [0.25, 0.3) is 0 Å². The highest BCUT2D eigenvalue weighted by atomic mass is 32.1. The van der Waals surface area contributed by atoms with Crippen LogP contribution in [0.4, 0.5) is 0 Å². The molecule has 0 saturated heterocycles. The predicted molar refractivity (Wildman–Crippen MR) is 89.2 cm³/mol. The molecule has 0 radical (unpaired) electrons. The first-order valence-electron chi connectivity index (χ1n) is 6.53. The molecule has 0 aliphatic carbocycles. The maximum atomic E-state index is 5.32. The second-order valence-electron chi connectivity index (χ2n) is 4.50. The Morgan fingerprint density at radius 2 is 2.10 bits per heavy atom. The Bertz CT molecular complexity index is 704. The van der Waals surface area contributed by atoms with E-state index < -0.39 is 0 Å². The van der Waals surface area contributed by atoms with E-state index >= 15 is 0 Å². The molecule has 0 amide bonds. The van der Waals surface area contributed by atoms with Crippen LogP contribution in [0.5, 0.6) is 0 Å². The van der Waals surface area contributed by atoms with Crippen molar-refractivity contribution in [3.63, 3.8) is 0 Å². The topological polar surface area (TPSA) is 42.7 Å². The average Bonchev–Trinajstić information content (AvgIpc) is 3.17. The summed E-state index contributed by atoms with van der Waals surface area (Å²) in [7, 11) is 0. The van der Waals surface area contributed by atoms with Crippen LogP contribution in [-0.2, 0) is 13.1 Å². The van der Waals surface area contributed by atoms with Crippen LogP contribution in [0.25, 0.3) is 11.3 Å². The monoisotopic (exact) mass is 314 g/mol. The molecule has 0 aliphatic rings. The third-order valence-corrected chi connectivity index (χ3v) is 4.03. The second-order valence-corrected chi connectivity index (χ2v) is 5.97. The van der Waals surface area contributed by atoms with Gasteiger partial charge in [0.1, 0.15) is 0 Å². The molecule has 0 aliphatic heterocycles. The van der Waals surface area contributed by atoms with Gasteiger partial charge in [-0.05, 0) is 0 Å². The fraction of sp³-hybridized carbons (Fsp3) is 0.133. The first kappa shape index (κ1) is 13.9. The molecular weight excluding hydrogens is 300 g/mol. The van der Waals surface area contributed by atoms with E-state index in [2.05, 4.69) is 15.3 Å². The van der Waals surface area contributed by atoms with Crippen LogP contribution in [-0.4, -0.2) is 19.5 Å². The van der Waals surface area contributed by atoms with E-state index in [-0.39, 0.29) is 0 Å². The van der Waals surface area contributed by atoms with Crippen molar-refractivity contribution in [3.05, 3.63) is 59.4 Å². The zero-order valence-corrected chi connectivity index (χ0v) is 12.9. The fourth-order valence-corrected chi connectivity index (χ4v) is 2.84. The maximum absolute atomic E-state index is 5.32. The minimum Gasteiger partial charge on any atom is -0.362 e. The van der Waals surface area contributed by atoms with Crippen molar-refractivity contribution >= 4 is 28.5 Å². The van der Waals surface area contributed by atoms with E-state index in [1.54, 1.807) is 23.9 Å². The molecule has 2 heterocycles. The summed E-state index contributed by atoms with van der Waals surface area (Å²) in [6.07, 6.45) is 6.30. The SMILES string of the molecule is S=C(Cc1nccs1)NCn1cnc(-c2ccccc2)c1. The molecule has 3 rings (SSSR count). The molecule has 0 unspecified atom stereocenters. The van der Waals surface area contributed by atoms with Crippen molar-refractivity contribution < 1.29 is 0 Å². The van der Waals surface area contributed by atoms with Crippen LogP contribution in [0, 0.1) is 0 Å². The van der Waals surface area contributed by atoms with Gasteiger partial charge in [-0.3, -0.25) is 0 Å². The van der Waals surface area contributed by atoms with Crippen molar-refractivity contribution in [1.29, 1.82) is 0 Å². The number of rotatable bonds is 5. The molecule has 21 heavy (non-hydrogen) atoms. The summed E-state index contributed by atoms with van der Waals surface area (Å²) in [6.45, 7) is 0.615. The summed E-state index contributed by atoms with van der Waals surface area (Å²) in [5.74, 6) is 0. The minimum absolute atomic E-state index is 0.615. The van der Waals surface area contributed by atoms with E-state index in [1.165, 1.54) is 0 Å². The second kappa shape index (κ2) is 6.60. The van der Waals surface area contributed by atoms with Gasteiger partial charge < -0.3 is 9.88 Å². The highest BCUT2D eigenvalue weighted by molar-refractivity contribution is 7.80. The summed E-state index contributed by atoms with van der Waals surface area (Å²) >= 11 is 6.94. The largest absolute Gasteiger partial charge is 0.362 e. The molecule has 0 atom stereocenters.